The Morgan fingerprint density at radius 2 is 2.00 bits per heavy atom. The van der Waals surface area contributed by atoms with Crippen molar-refractivity contribution in [3.05, 3.63) is 29.8 Å². The van der Waals surface area contributed by atoms with Crippen molar-refractivity contribution in [3.63, 3.8) is 0 Å². The summed E-state index contributed by atoms with van der Waals surface area (Å²) in [5.41, 5.74) is 1.18. The van der Waals surface area contributed by atoms with Crippen molar-refractivity contribution in [3.8, 4) is 0 Å². The Morgan fingerprint density at radius 1 is 1.33 bits per heavy atom. The van der Waals surface area contributed by atoms with Gasteiger partial charge in [0.1, 0.15) is 11.4 Å². The van der Waals surface area contributed by atoms with Crippen molar-refractivity contribution >= 4 is 17.6 Å². The Labute approximate surface area is 93.7 Å². The topological polar surface area (TPSA) is 35.4 Å². The van der Waals surface area contributed by atoms with E-state index < -0.39 is 11.4 Å². The van der Waals surface area contributed by atoms with Crippen LogP contribution in [0.2, 0.25) is 0 Å². The standard InChI is InChI=1S/C12H15NOS/c1-10-5-7-12(8-6-10)15(14)13-9-11-3-2-4-11/h5-9,11H,2-4H2,1H3/b13-9+. The zero-order valence-corrected chi connectivity index (χ0v) is 9.67. The lowest BCUT2D eigenvalue weighted by Crippen LogP contribution is -2.13. The molecule has 1 aliphatic rings. The van der Waals surface area contributed by atoms with Crippen LogP contribution in [0.15, 0.2) is 33.6 Å². The Balaban J connectivity index is 1.97. The van der Waals surface area contributed by atoms with Crippen LogP contribution in [0, 0.1) is 12.8 Å². The van der Waals surface area contributed by atoms with Crippen LogP contribution in [0.4, 0.5) is 0 Å². The van der Waals surface area contributed by atoms with E-state index in [-0.39, 0.29) is 0 Å². The summed E-state index contributed by atoms with van der Waals surface area (Å²) in [6.45, 7) is 2.02. The Bertz CT molecular complexity index is 343. The highest BCUT2D eigenvalue weighted by atomic mass is 32.2. The molecule has 0 radical (unpaired) electrons. The molecule has 80 valence electrons. The highest BCUT2D eigenvalue weighted by molar-refractivity contribution is 7.90. The first-order valence-electron chi connectivity index (χ1n) is 5.28. The van der Waals surface area contributed by atoms with Gasteiger partial charge >= 0.3 is 0 Å². The van der Waals surface area contributed by atoms with Gasteiger partial charge < -0.3 is 4.55 Å². The average Bonchev–Trinajstić information content (AvgIpc) is 2.16. The zero-order chi connectivity index (χ0) is 10.7. The van der Waals surface area contributed by atoms with Crippen molar-refractivity contribution in [1.29, 1.82) is 0 Å². The van der Waals surface area contributed by atoms with Crippen LogP contribution in [0.1, 0.15) is 24.8 Å². The molecule has 2 nitrogen and oxygen atoms in total. The molecule has 1 aliphatic carbocycles. The second-order valence-electron chi connectivity index (χ2n) is 4.01. The molecule has 3 heteroatoms. The number of rotatable bonds is 3. The lowest BCUT2D eigenvalue weighted by Gasteiger charge is -2.19. The van der Waals surface area contributed by atoms with Crippen LogP contribution in [-0.4, -0.2) is 10.8 Å². The summed E-state index contributed by atoms with van der Waals surface area (Å²) in [5.74, 6) is 0.569. The second kappa shape index (κ2) is 4.81. The SMILES string of the molecule is Cc1ccc([S+]([O-])/N=C/C2CCC2)cc1. The molecule has 15 heavy (non-hydrogen) atoms. The normalized spacial score (nSPS) is 19.1. The molecule has 1 saturated carbocycles. The second-order valence-corrected chi connectivity index (χ2v) is 5.19. The van der Waals surface area contributed by atoms with Crippen LogP contribution in [-0.2, 0) is 11.4 Å². The first-order chi connectivity index (χ1) is 7.25. The van der Waals surface area contributed by atoms with E-state index >= 15 is 0 Å². The minimum Gasteiger partial charge on any atom is -0.586 e. The third kappa shape index (κ3) is 2.83. The summed E-state index contributed by atoms with van der Waals surface area (Å²) in [4.78, 5) is 0.788. The minimum absolute atomic E-state index is 0.569. The first-order valence-corrected chi connectivity index (χ1v) is 6.39. The molecule has 0 heterocycles. The van der Waals surface area contributed by atoms with Gasteiger partial charge in [0.2, 0.25) is 0 Å². The molecular weight excluding hydrogens is 206 g/mol. The van der Waals surface area contributed by atoms with Gasteiger partial charge in [-0.2, -0.15) is 0 Å². The van der Waals surface area contributed by atoms with Crippen molar-refractivity contribution in [2.24, 2.45) is 10.3 Å². The van der Waals surface area contributed by atoms with Crippen molar-refractivity contribution in [1.82, 2.24) is 0 Å². The van der Waals surface area contributed by atoms with Gasteiger partial charge in [-0.3, -0.25) is 0 Å². The lowest BCUT2D eigenvalue weighted by atomic mass is 9.87. The molecule has 1 aromatic rings. The molecule has 1 fully saturated rings. The van der Waals surface area contributed by atoms with Crippen LogP contribution in [0.3, 0.4) is 0 Å². The third-order valence-corrected chi connectivity index (χ3v) is 3.73. The summed E-state index contributed by atoms with van der Waals surface area (Å²) in [6, 6.07) is 7.69. The molecule has 2 rings (SSSR count). The van der Waals surface area contributed by atoms with Gasteiger partial charge in [-0.1, -0.05) is 28.5 Å². The largest absolute Gasteiger partial charge is 0.586 e. The number of benzene rings is 1. The van der Waals surface area contributed by atoms with Crippen LogP contribution >= 0.6 is 0 Å². The smallest absolute Gasteiger partial charge is 0.182 e. The molecule has 0 N–H and O–H groups in total. The van der Waals surface area contributed by atoms with Gasteiger partial charge in [-0.15, -0.1) is 0 Å². The maximum absolute atomic E-state index is 11.7. The lowest BCUT2D eigenvalue weighted by molar-refractivity contribution is 0.421. The maximum atomic E-state index is 11.7. The quantitative estimate of drug-likeness (QED) is 0.571. The Kier molecular flexibility index (Phi) is 3.44. The van der Waals surface area contributed by atoms with Gasteiger partial charge in [0.15, 0.2) is 4.90 Å². The van der Waals surface area contributed by atoms with E-state index in [4.69, 9.17) is 0 Å². The van der Waals surface area contributed by atoms with Gasteiger partial charge in [0, 0.05) is 0 Å². The highest BCUT2D eigenvalue weighted by Gasteiger charge is 2.17. The number of hydrogen-bond acceptors (Lipinski definition) is 2. The minimum atomic E-state index is -1.21. The Hall–Kier alpha value is -0.800. The monoisotopic (exact) mass is 221 g/mol. The Morgan fingerprint density at radius 3 is 2.53 bits per heavy atom. The van der Waals surface area contributed by atoms with E-state index in [9.17, 15) is 4.55 Å². The fourth-order valence-electron chi connectivity index (χ4n) is 1.45. The molecular formula is C12H15NOS. The van der Waals surface area contributed by atoms with E-state index in [1.807, 2.05) is 37.4 Å². The summed E-state index contributed by atoms with van der Waals surface area (Å²) in [7, 11) is 0. The van der Waals surface area contributed by atoms with E-state index in [0.29, 0.717) is 5.92 Å². The van der Waals surface area contributed by atoms with Gasteiger partial charge in [0.05, 0.1) is 6.21 Å². The highest BCUT2D eigenvalue weighted by Crippen LogP contribution is 2.25. The third-order valence-electron chi connectivity index (χ3n) is 2.74. The van der Waals surface area contributed by atoms with E-state index in [1.54, 1.807) is 0 Å². The van der Waals surface area contributed by atoms with Crippen LogP contribution < -0.4 is 0 Å². The van der Waals surface area contributed by atoms with Crippen LogP contribution in [0.5, 0.6) is 0 Å². The summed E-state index contributed by atoms with van der Waals surface area (Å²) in [6.07, 6.45) is 5.55. The summed E-state index contributed by atoms with van der Waals surface area (Å²) >= 11 is -1.21. The number of hydrogen-bond donors (Lipinski definition) is 0. The molecule has 0 saturated heterocycles. The van der Waals surface area contributed by atoms with Crippen LogP contribution in [0.25, 0.3) is 0 Å². The van der Waals surface area contributed by atoms with Gasteiger partial charge in [0.25, 0.3) is 0 Å². The summed E-state index contributed by atoms with van der Waals surface area (Å²) in [5, 5.41) is 0. The average molecular weight is 221 g/mol. The molecule has 0 amide bonds. The molecule has 1 atom stereocenters. The van der Waals surface area contributed by atoms with Crippen molar-refractivity contribution in [2.45, 2.75) is 31.1 Å². The summed E-state index contributed by atoms with van der Waals surface area (Å²) < 4.78 is 15.8. The molecule has 1 aromatic carbocycles. The molecule has 0 aromatic heterocycles. The van der Waals surface area contributed by atoms with Crippen molar-refractivity contribution < 1.29 is 4.55 Å². The molecule has 0 bridgehead atoms. The first kappa shape index (κ1) is 10.7. The molecule has 0 spiro atoms. The van der Waals surface area contributed by atoms with E-state index in [2.05, 4.69) is 4.40 Å². The van der Waals surface area contributed by atoms with E-state index in [0.717, 1.165) is 4.90 Å². The zero-order valence-electron chi connectivity index (χ0n) is 8.85. The predicted molar refractivity (Wildman–Crippen MR) is 63.4 cm³/mol. The van der Waals surface area contributed by atoms with Crippen molar-refractivity contribution in [2.75, 3.05) is 0 Å². The fraction of sp³-hybridized carbons (Fsp3) is 0.417. The van der Waals surface area contributed by atoms with E-state index in [1.165, 1.54) is 24.8 Å². The number of aryl methyl sites for hydroxylation is 1. The number of nitrogens with zero attached hydrogens (tertiary/aromatic N) is 1. The molecule has 0 aliphatic heterocycles. The predicted octanol–water partition coefficient (Wildman–Crippen LogP) is 2.89. The van der Waals surface area contributed by atoms with Gasteiger partial charge in [-0.05, 0) is 37.8 Å². The molecule has 1 unspecified atom stereocenters. The maximum Gasteiger partial charge on any atom is 0.182 e. The fourth-order valence-corrected chi connectivity index (χ4v) is 2.22. The van der Waals surface area contributed by atoms with Gasteiger partial charge in [-0.25, -0.2) is 0 Å².